The van der Waals surface area contributed by atoms with Crippen LogP contribution in [0.2, 0.25) is 0 Å². The van der Waals surface area contributed by atoms with Crippen LogP contribution in [0.4, 0.5) is 16.4 Å². The second-order valence-electron chi connectivity index (χ2n) is 7.04. The summed E-state index contributed by atoms with van der Waals surface area (Å²) in [6, 6.07) is 7.32. The van der Waals surface area contributed by atoms with Crippen LogP contribution in [0.3, 0.4) is 0 Å². The number of nitriles is 1. The monoisotopic (exact) mass is 382 g/mol. The SMILES string of the molecule is N#Cc1cc2nc(c1)OCCCCNC(=O)O[C@@H]1CC[C@@H](C1)c1cc(n[nH]1)N2. The first kappa shape index (κ1) is 18.1. The molecule has 2 aromatic rings. The highest BCUT2D eigenvalue weighted by atomic mass is 16.6. The van der Waals surface area contributed by atoms with E-state index in [1.165, 1.54) is 0 Å². The summed E-state index contributed by atoms with van der Waals surface area (Å²) in [7, 11) is 0. The molecule has 0 spiro atoms. The molecule has 3 N–H and O–H groups in total. The number of hydrogen-bond donors (Lipinski definition) is 3. The topological polar surface area (TPSA) is 125 Å². The smallest absolute Gasteiger partial charge is 0.407 e. The zero-order chi connectivity index (χ0) is 19.3. The van der Waals surface area contributed by atoms with E-state index >= 15 is 0 Å². The van der Waals surface area contributed by atoms with E-state index in [-0.39, 0.29) is 18.1 Å². The van der Waals surface area contributed by atoms with Crippen molar-refractivity contribution in [3.05, 3.63) is 29.5 Å². The average Bonchev–Trinajstić information content (AvgIpc) is 3.33. The summed E-state index contributed by atoms with van der Waals surface area (Å²) >= 11 is 0. The minimum absolute atomic E-state index is 0.0801. The number of aromatic amines is 1. The molecule has 28 heavy (non-hydrogen) atoms. The fraction of sp³-hybridized carbons (Fsp3) is 0.474. The van der Waals surface area contributed by atoms with Crippen LogP contribution in [0.1, 0.15) is 49.3 Å². The zero-order valence-corrected chi connectivity index (χ0v) is 15.4. The molecule has 0 unspecified atom stereocenters. The maximum absolute atomic E-state index is 11.9. The molecule has 1 saturated carbocycles. The minimum Gasteiger partial charge on any atom is -0.478 e. The Bertz CT molecular complexity index is 890. The lowest BCUT2D eigenvalue weighted by Gasteiger charge is -2.13. The van der Waals surface area contributed by atoms with Crippen molar-refractivity contribution in [2.24, 2.45) is 0 Å². The Labute approximate surface area is 162 Å². The highest BCUT2D eigenvalue weighted by molar-refractivity contribution is 5.67. The van der Waals surface area contributed by atoms with Crippen molar-refractivity contribution in [1.29, 1.82) is 5.26 Å². The summed E-state index contributed by atoms with van der Waals surface area (Å²) < 4.78 is 11.2. The Balaban J connectivity index is 1.56. The fourth-order valence-electron chi connectivity index (χ4n) is 3.57. The molecule has 0 radical (unpaired) electrons. The molecular formula is C19H22N6O3. The molecule has 1 aliphatic heterocycles. The Kier molecular flexibility index (Phi) is 5.28. The third-order valence-electron chi connectivity index (χ3n) is 4.97. The van der Waals surface area contributed by atoms with Gasteiger partial charge in [0.1, 0.15) is 11.9 Å². The number of pyridine rings is 1. The van der Waals surface area contributed by atoms with E-state index in [1.54, 1.807) is 12.1 Å². The maximum Gasteiger partial charge on any atom is 0.407 e. The van der Waals surface area contributed by atoms with Gasteiger partial charge in [0, 0.05) is 30.3 Å². The lowest BCUT2D eigenvalue weighted by atomic mass is 10.0. The normalized spacial score (nSPS) is 22.5. The Morgan fingerprint density at radius 1 is 1.18 bits per heavy atom. The molecule has 1 aliphatic carbocycles. The lowest BCUT2D eigenvalue weighted by Crippen LogP contribution is -2.29. The molecule has 3 heterocycles. The van der Waals surface area contributed by atoms with Crippen molar-refractivity contribution in [2.45, 2.75) is 44.1 Å². The molecule has 9 heteroatoms. The first-order valence-electron chi connectivity index (χ1n) is 9.51. The van der Waals surface area contributed by atoms with Gasteiger partial charge < -0.3 is 20.1 Å². The molecule has 2 atom stereocenters. The summed E-state index contributed by atoms with van der Waals surface area (Å²) in [5, 5.41) is 22.5. The van der Waals surface area contributed by atoms with E-state index in [0.29, 0.717) is 36.2 Å². The Hall–Kier alpha value is -3.28. The van der Waals surface area contributed by atoms with E-state index in [0.717, 1.165) is 37.8 Å². The second-order valence-corrected chi connectivity index (χ2v) is 7.04. The Morgan fingerprint density at radius 2 is 2.11 bits per heavy atom. The van der Waals surface area contributed by atoms with E-state index in [4.69, 9.17) is 9.47 Å². The van der Waals surface area contributed by atoms with Gasteiger partial charge in [0.05, 0.1) is 18.2 Å². The van der Waals surface area contributed by atoms with Gasteiger partial charge in [0.15, 0.2) is 5.82 Å². The van der Waals surface area contributed by atoms with Crippen LogP contribution >= 0.6 is 0 Å². The number of fused-ring (bicyclic) bond motifs is 7. The third kappa shape index (κ3) is 4.34. The largest absolute Gasteiger partial charge is 0.478 e. The van der Waals surface area contributed by atoms with Gasteiger partial charge in [0.2, 0.25) is 5.88 Å². The molecule has 1 fully saturated rings. The van der Waals surface area contributed by atoms with Gasteiger partial charge in [0.25, 0.3) is 0 Å². The zero-order valence-electron chi connectivity index (χ0n) is 15.4. The number of amides is 1. The van der Waals surface area contributed by atoms with E-state index in [1.807, 2.05) is 6.07 Å². The highest BCUT2D eigenvalue weighted by Crippen LogP contribution is 2.36. The van der Waals surface area contributed by atoms with Crippen LogP contribution in [-0.4, -0.2) is 40.5 Å². The number of hydrogen-bond acceptors (Lipinski definition) is 7. The van der Waals surface area contributed by atoms with Crippen molar-refractivity contribution in [3.8, 4) is 11.9 Å². The predicted molar refractivity (Wildman–Crippen MR) is 100 cm³/mol. The van der Waals surface area contributed by atoms with Crippen molar-refractivity contribution < 1.29 is 14.3 Å². The number of carbonyl (C=O) groups excluding carboxylic acids is 1. The maximum atomic E-state index is 11.9. The standard InChI is InChI=1S/C19H22N6O3/c20-11-12-7-16-22-17-10-15(24-25-17)13-3-4-14(9-13)28-19(26)21-5-1-2-6-27-18(8-12)23-16/h7-8,10,13-14H,1-6,9H2,(H,21,26)(H2,22,23,24,25)/t13-,14+/m0/s1. The third-order valence-corrected chi connectivity index (χ3v) is 4.97. The average molecular weight is 382 g/mol. The first-order valence-corrected chi connectivity index (χ1v) is 9.51. The fourth-order valence-corrected chi connectivity index (χ4v) is 3.57. The van der Waals surface area contributed by atoms with E-state index < -0.39 is 0 Å². The number of nitrogens with zero attached hydrogens (tertiary/aromatic N) is 3. The molecule has 6 bridgehead atoms. The van der Waals surface area contributed by atoms with Crippen LogP contribution in [0.5, 0.6) is 5.88 Å². The molecular weight excluding hydrogens is 360 g/mol. The number of H-pyrrole nitrogens is 1. The summed E-state index contributed by atoms with van der Waals surface area (Å²) in [5.41, 5.74) is 1.45. The minimum atomic E-state index is -0.368. The molecule has 1 amide bonds. The van der Waals surface area contributed by atoms with Gasteiger partial charge in [-0.25, -0.2) is 4.79 Å². The number of aromatic nitrogens is 3. The summed E-state index contributed by atoms with van der Waals surface area (Å²) in [5.74, 6) is 1.77. The van der Waals surface area contributed by atoms with Gasteiger partial charge in [-0.1, -0.05) is 0 Å². The molecule has 146 valence electrons. The van der Waals surface area contributed by atoms with Crippen LogP contribution in [0.15, 0.2) is 18.2 Å². The second kappa shape index (κ2) is 8.17. The summed E-state index contributed by atoms with van der Waals surface area (Å²) in [6.45, 7) is 0.968. The quantitative estimate of drug-likeness (QED) is 0.639. The molecule has 9 nitrogen and oxygen atoms in total. The molecule has 0 aromatic carbocycles. The number of anilines is 2. The van der Waals surface area contributed by atoms with Crippen molar-refractivity contribution in [2.75, 3.05) is 18.5 Å². The summed E-state index contributed by atoms with van der Waals surface area (Å²) in [4.78, 5) is 16.4. The van der Waals surface area contributed by atoms with Crippen LogP contribution in [0, 0.1) is 11.3 Å². The van der Waals surface area contributed by atoms with Crippen molar-refractivity contribution in [3.63, 3.8) is 0 Å². The van der Waals surface area contributed by atoms with Gasteiger partial charge >= 0.3 is 6.09 Å². The Morgan fingerprint density at radius 3 is 3.00 bits per heavy atom. The van der Waals surface area contributed by atoms with E-state index in [9.17, 15) is 10.1 Å². The van der Waals surface area contributed by atoms with E-state index in [2.05, 4.69) is 31.9 Å². The number of ether oxygens (including phenoxy) is 2. The lowest BCUT2D eigenvalue weighted by molar-refractivity contribution is 0.0999. The van der Waals surface area contributed by atoms with Crippen LogP contribution < -0.4 is 15.4 Å². The van der Waals surface area contributed by atoms with Crippen LogP contribution in [-0.2, 0) is 4.74 Å². The van der Waals surface area contributed by atoms with Crippen molar-refractivity contribution >= 4 is 17.7 Å². The van der Waals surface area contributed by atoms with Crippen LogP contribution in [0.25, 0.3) is 0 Å². The van der Waals surface area contributed by atoms with Crippen molar-refractivity contribution in [1.82, 2.24) is 20.5 Å². The van der Waals surface area contributed by atoms with Gasteiger partial charge in [-0.05, 0) is 38.2 Å². The molecule has 0 saturated heterocycles. The number of nitrogens with one attached hydrogen (secondary N) is 3. The van der Waals surface area contributed by atoms with Gasteiger partial charge in [-0.2, -0.15) is 15.3 Å². The highest BCUT2D eigenvalue weighted by Gasteiger charge is 2.30. The predicted octanol–water partition coefficient (Wildman–Crippen LogP) is 2.95. The first-order chi connectivity index (χ1) is 13.7. The number of rotatable bonds is 0. The number of alkyl carbamates (subject to hydrolysis) is 1. The molecule has 2 aliphatic rings. The summed E-state index contributed by atoms with van der Waals surface area (Å²) in [6.07, 6.45) is 3.60. The molecule has 4 rings (SSSR count). The van der Waals surface area contributed by atoms with Gasteiger partial charge in [-0.15, -0.1) is 0 Å². The molecule has 2 aromatic heterocycles. The van der Waals surface area contributed by atoms with Gasteiger partial charge in [-0.3, -0.25) is 5.10 Å². The number of carbonyl (C=O) groups is 1.